The predicted molar refractivity (Wildman–Crippen MR) is 81.2 cm³/mol. The molecule has 0 amide bonds. The molecule has 0 aromatic heterocycles. The summed E-state index contributed by atoms with van der Waals surface area (Å²) in [7, 11) is 0. The molecule has 104 valence electrons. The van der Waals surface area contributed by atoms with Crippen molar-refractivity contribution in [1.82, 2.24) is 5.32 Å². The quantitative estimate of drug-likeness (QED) is 0.830. The summed E-state index contributed by atoms with van der Waals surface area (Å²) in [5.74, 6) is 2.11. The smallest absolute Gasteiger partial charge is 0.0294 e. The van der Waals surface area contributed by atoms with Gasteiger partial charge in [-0.3, -0.25) is 0 Å². The first-order valence-corrected chi connectivity index (χ1v) is 8.05. The maximum absolute atomic E-state index is 3.87. The minimum absolute atomic E-state index is 0.489. The fourth-order valence-corrected chi connectivity index (χ4v) is 3.68. The van der Waals surface area contributed by atoms with Crippen LogP contribution in [0.15, 0.2) is 24.3 Å². The number of hydrogen-bond acceptors (Lipinski definition) is 1. The van der Waals surface area contributed by atoms with E-state index in [0.29, 0.717) is 6.04 Å². The predicted octanol–water partition coefficient (Wildman–Crippen LogP) is 4.61. The maximum Gasteiger partial charge on any atom is 0.0294 e. The van der Waals surface area contributed by atoms with E-state index in [2.05, 4.69) is 43.4 Å². The Morgan fingerprint density at radius 1 is 1.00 bits per heavy atom. The summed E-state index contributed by atoms with van der Waals surface area (Å²) in [5.41, 5.74) is 2.78. The molecule has 19 heavy (non-hydrogen) atoms. The van der Waals surface area contributed by atoms with Crippen LogP contribution >= 0.6 is 0 Å². The van der Waals surface area contributed by atoms with Gasteiger partial charge in [0.05, 0.1) is 0 Å². The van der Waals surface area contributed by atoms with Gasteiger partial charge in [-0.05, 0) is 56.9 Å². The number of hydrogen-bond donors (Lipinski definition) is 1. The lowest BCUT2D eigenvalue weighted by atomic mass is 9.82. The highest BCUT2D eigenvalue weighted by molar-refractivity contribution is 5.23. The summed E-state index contributed by atoms with van der Waals surface area (Å²) in [4.78, 5) is 0. The zero-order valence-corrected chi connectivity index (χ0v) is 12.4. The summed E-state index contributed by atoms with van der Waals surface area (Å²) in [5, 5.41) is 3.87. The Hall–Kier alpha value is -0.820. The van der Waals surface area contributed by atoms with E-state index in [1.165, 1.54) is 49.7 Å². The minimum Gasteiger partial charge on any atom is -0.307 e. The van der Waals surface area contributed by atoms with Gasteiger partial charge < -0.3 is 5.32 Å². The SMILES string of the molecule is Cc1ccc(C(C)NC2CCCC(C3CC3)C2)cc1. The Bertz CT molecular complexity index is 404. The molecule has 1 heteroatoms. The standard InChI is InChI=1S/C18H27N/c1-13-6-8-15(9-7-13)14(2)19-18-5-3-4-17(12-18)16-10-11-16/h6-9,14,16-19H,3-5,10-12H2,1-2H3. The van der Waals surface area contributed by atoms with Gasteiger partial charge in [-0.1, -0.05) is 42.7 Å². The summed E-state index contributed by atoms with van der Waals surface area (Å²) >= 11 is 0. The third-order valence-corrected chi connectivity index (χ3v) is 5.07. The molecule has 1 N–H and O–H groups in total. The van der Waals surface area contributed by atoms with E-state index in [9.17, 15) is 0 Å². The molecule has 0 spiro atoms. The van der Waals surface area contributed by atoms with Crippen molar-refractivity contribution in [2.75, 3.05) is 0 Å². The summed E-state index contributed by atoms with van der Waals surface area (Å²) in [6.45, 7) is 4.47. The zero-order valence-electron chi connectivity index (χ0n) is 12.4. The van der Waals surface area contributed by atoms with Crippen molar-refractivity contribution in [3.05, 3.63) is 35.4 Å². The number of benzene rings is 1. The Labute approximate surface area is 117 Å². The fraction of sp³-hybridized carbons (Fsp3) is 0.667. The molecule has 0 saturated heterocycles. The van der Waals surface area contributed by atoms with Crippen LogP contribution in [0, 0.1) is 18.8 Å². The lowest BCUT2D eigenvalue weighted by Crippen LogP contribution is -2.36. The molecule has 0 bridgehead atoms. The first kappa shape index (κ1) is 13.2. The molecular formula is C18H27N. The van der Waals surface area contributed by atoms with Crippen LogP contribution in [0.4, 0.5) is 0 Å². The fourth-order valence-electron chi connectivity index (χ4n) is 3.68. The van der Waals surface area contributed by atoms with E-state index in [1.54, 1.807) is 0 Å². The summed E-state index contributed by atoms with van der Waals surface area (Å²) in [6.07, 6.45) is 8.72. The van der Waals surface area contributed by atoms with Gasteiger partial charge >= 0.3 is 0 Å². The monoisotopic (exact) mass is 257 g/mol. The van der Waals surface area contributed by atoms with Gasteiger partial charge in [-0.2, -0.15) is 0 Å². The van der Waals surface area contributed by atoms with Crippen molar-refractivity contribution in [3.8, 4) is 0 Å². The van der Waals surface area contributed by atoms with Gasteiger partial charge in [0.1, 0.15) is 0 Å². The van der Waals surface area contributed by atoms with Gasteiger partial charge in [0.25, 0.3) is 0 Å². The summed E-state index contributed by atoms with van der Waals surface area (Å²) in [6, 6.07) is 10.2. The Kier molecular flexibility index (Phi) is 3.93. The first-order valence-electron chi connectivity index (χ1n) is 8.05. The second-order valence-corrected chi connectivity index (χ2v) is 6.76. The lowest BCUT2D eigenvalue weighted by Gasteiger charge is -2.32. The van der Waals surface area contributed by atoms with Crippen molar-refractivity contribution in [2.45, 2.75) is 64.5 Å². The Morgan fingerprint density at radius 3 is 2.42 bits per heavy atom. The summed E-state index contributed by atoms with van der Waals surface area (Å²) < 4.78 is 0. The van der Waals surface area contributed by atoms with Crippen LogP contribution in [0.5, 0.6) is 0 Å². The van der Waals surface area contributed by atoms with E-state index in [-0.39, 0.29) is 0 Å². The number of aryl methyl sites for hydroxylation is 1. The van der Waals surface area contributed by atoms with Crippen LogP contribution in [0.2, 0.25) is 0 Å². The zero-order chi connectivity index (χ0) is 13.2. The van der Waals surface area contributed by atoms with Crippen molar-refractivity contribution in [3.63, 3.8) is 0 Å². The highest BCUT2D eigenvalue weighted by Gasteiger charge is 2.34. The van der Waals surface area contributed by atoms with Crippen LogP contribution in [0.1, 0.15) is 62.6 Å². The van der Waals surface area contributed by atoms with E-state index in [0.717, 1.165) is 17.9 Å². The number of nitrogens with one attached hydrogen (secondary N) is 1. The van der Waals surface area contributed by atoms with Gasteiger partial charge in [-0.15, -0.1) is 0 Å². The molecule has 3 atom stereocenters. The highest BCUT2D eigenvalue weighted by Crippen LogP contribution is 2.44. The maximum atomic E-state index is 3.87. The molecule has 0 radical (unpaired) electrons. The molecular weight excluding hydrogens is 230 g/mol. The van der Waals surface area contributed by atoms with Crippen LogP contribution in [0.25, 0.3) is 0 Å². The topological polar surface area (TPSA) is 12.0 Å². The molecule has 3 unspecified atom stereocenters. The minimum atomic E-state index is 0.489. The average Bonchev–Trinajstić information content (AvgIpc) is 3.24. The average molecular weight is 257 g/mol. The van der Waals surface area contributed by atoms with Crippen molar-refractivity contribution >= 4 is 0 Å². The molecule has 2 fully saturated rings. The van der Waals surface area contributed by atoms with E-state index in [1.807, 2.05) is 0 Å². The first-order chi connectivity index (χ1) is 9.22. The molecule has 3 rings (SSSR count). The largest absolute Gasteiger partial charge is 0.307 e. The molecule has 2 aliphatic carbocycles. The molecule has 1 aromatic rings. The Morgan fingerprint density at radius 2 is 1.74 bits per heavy atom. The second kappa shape index (κ2) is 5.66. The van der Waals surface area contributed by atoms with Gasteiger partial charge in [0.2, 0.25) is 0 Å². The molecule has 1 nitrogen and oxygen atoms in total. The van der Waals surface area contributed by atoms with Crippen LogP contribution in [-0.2, 0) is 0 Å². The van der Waals surface area contributed by atoms with E-state index >= 15 is 0 Å². The Balaban J connectivity index is 1.56. The molecule has 2 saturated carbocycles. The van der Waals surface area contributed by atoms with Crippen LogP contribution < -0.4 is 5.32 Å². The third-order valence-electron chi connectivity index (χ3n) is 5.07. The van der Waals surface area contributed by atoms with Crippen molar-refractivity contribution in [1.29, 1.82) is 0 Å². The van der Waals surface area contributed by atoms with Crippen LogP contribution in [0.3, 0.4) is 0 Å². The normalized spacial score (nSPS) is 29.2. The lowest BCUT2D eigenvalue weighted by molar-refractivity contribution is 0.249. The molecule has 1 aromatic carbocycles. The van der Waals surface area contributed by atoms with Gasteiger partial charge in [0, 0.05) is 12.1 Å². The van der Waals surface area contributed by atoms with Crippen molar-refractivity contribution in [2.24, 2.45) is 11.8 Å². The van der Waals surface area contributed by atoms with Gasteiger partial charge in [0.15, 0.2) is 0 Å². The van der Waals surface area contributed by atoms with E-state index in [4.69, 9.17) is 0 Å². The van der Waals surface area contributed by atoms with E-state index < -0.39 is 0 Å². The second-order valence-electron chi connectivity index (χ2n) is 6.76. The number of rotatable bonds is 4. The third kappa shape index (κ3) is 3.39. The van der Waals surface area contributed by atoms with Crippen molar-refractivity contribution < 1.29 is 0 Å². The molecule has 0 aliphatic heterocycles. The molecule has 2 aliphatic rings. The van der Waals surface area contributed by atoms with Crippen LogP contribution in [-0.4, -0.2) is 6.04 Å². The molecule has 0 heterocycles. The highest BCUT2D eigenvalue weighted by atomic mass is 14.9. The van der Waals surface area contributed by atoms with Gasteiger partial charge in [-0.25, -0.2) is 0 Å².